The first-order chi connectivity index (χ1) is 20.2. The van der Waals surface area contributed by atoms with Crippen molar-refractivity contribution in [2.45, 2.75) is 126 Å². The Bertz CT molecular complexity index is 1700. The molecule has 0 spiro atoms. The van der Waals surface area contributed by atoms with Gasteiger partial charge in [0, 0.05) is 33.0 Å². The molecule has 2 aromatic rings. The van der Waals surface area contributed by atoms with Crippen LogP contribution < -0.4 is 0 Å². The van der Waals surface area contributed by atoms with Gasteiger partial charge in [-0.25, -0.2) is 0 Å². The number of fused-ring (bicyclic) bond motifs is 7. The molecule has 5 aliphatic carbocycles. The second kappa shape index (κ2) is 7.76. The molecule has 6 nitrogen and oxygen atoms in total. The first kappa shape index (κ1) is 27.1. The van der Waals surface area contributed by atoms with Gasteiger partial charge in [-0.15, -0.1) is 0 Å². The molecule has 43 heavy (non-hydrogen) atoms. The van der Waals surface area contributed by atoms with Gasteiger partial charge in [-0.05, 0) is 111 Å². The van der Waals surface area contributed by atoms with Gasteiger partial charge in [0.05, 0.1) is 17.3 Å². The minimum absolute atomic E-state index is 0.290. The van der Waals surface area contributed by atoms with Gasteiger partial charge in [-0.2, -0.15) is 0 Å². The highest BCUT2D eigenvalue weighted by Crippen LogP contribution is 2.75. The highest BCUT2D eigenvalue weighted by Gasteiger charge is 2.78. The first-order valence-corrected chi connectivity index (χ1v) is 16.4. The van der Waals surface area contributed by atoms with Crippen molar-refractivity contribution < 1.29 is 24.8 Å². The Morgan fingerprint density at radius 2 is 1.84 bits per heavy atom. The van der Waals surface area contributed by atoms with Crippen molar-refractivity contribution in [2.75, 3.05) is 0 Å². The summed E-state index contributed by atoms with van der Waals surface area (Å²) in [5, 5.41) is 38.5. The summed E-state index contributed by atoms with van der Waals surface area (Å²) in [6.07, 6.45) is 3.79. The molecule has 11 atom stereocenters. The molecule has 6 heteroatoms. The van der Waals surface area contributed by atoms with E-state index in [1.807, 2.05) is 13.0 Å². The zero-order valence-electron chi connectivity index (χ0n) is 26.1. The molecule has 3 heterocycles. The predicted octanol–water partition coefficient (Wildman–Crippen LogP) is 5.81. The van der Waals surface area contributed by atoms with E-state index >= 15 is 0 Å². The minimum atomic E-state index is -1.27. The third-order valence-corrected chi connectivity index (χ3v) is 14.2. The summed E-state index contributed by atoms with van der Waals surface area (Å²) < 4.78 is 13.7. The van der Waals surface area contributed by atoms with E-state index in [-0.39, 0.29) is 6.10 Å². The maximum absolute atomic E-state index is 13.2. The summed E-state index contributed by atoms with van der Waals surface area (Å²) in [6, 6.07) is 4.49. The van der Waals surface area contributed by atoms with E-state index in [0.29, 0.717) is 43.4 Å². The van der Waals surface area contributed by atoms with Gasteiger partial charge in [-0.1, -0.05) is 38.6 Å². The third-order valence-electron chi connectivity index (χ3n) is 14.2. The molecule has 1 aromatic carbocycles. The van der Waals surface area contributed by atoms with Crippen molar-refractivity contribution in [3.8, 4) is 0 Å². The molecule has 11 unspecified atom stereocenters. The van der Waals surface area contributed by atoms with Crippen LogP contribution in [-0.4, -0.2) is 55.4 Å². The molecule has 0 amide bonds. The quantitative estimate of drug-likeness (QED) is 0.318. The number of aromatic nitrogens is 1. The molecule has 3 fully saturated rings. The Morgan fingerprint density at radius 3 is 2.58 bits per heavy atom. The molecule has 4 N–H and O–H groups in total. The fraction of sp³-hybridized carbons (Fsp3) is 0.622. The number of H-pyrrole nitrogens is 1. The van der Waals surface area contributed by atoms with Gasteiger partial charge in [-0.3, -0.25) is 0 Å². The number of aliphatic hydroxyl groups excluding tert-OH is 1. The fourth-order valence-electron chi connectivity index (χ4n) is 11.7. The van der Waals surface area contributed by atoms with Crippen LogP contribution in [0.1, 0.15) is 101 Å². The van der Waals surface area contributed by atoms with Gasteiger partial charge in [0.2, 0.25) is 0 Å². The van der Waals surface area contributed by atoms with Crippen LogP contribution in [0.3, 0.4) is 0 Å². The molecule has 0 bridgehead atoms. The average Bonchev–Trinajstić information content (AvgIpc) is 3.38. The summed E-state index contributed by atoms with van der Waals surface area (Å²) in [5.41, 5.74) is 4.36. The highest BCUT2D eigenvalue weighted by molar-refractivity contribution is 5.93. The number of rotatable bonds is 1. The lowest BCUT2D eigenvalue weighted by molar-refractivity contribution is -0.275. The lowest BCUT2D eigenvalue weighted by Gasteiger charge is -2.67. The lowest BCUT2D eigenvalue weighted by Crippen LogP contribution is -2.73. The summed E-state index contributed by atoms with van der Waals surface area (Å²) >= 11 is 0. The van der Waals surface area contributed by atoms with Crippen LogP contribution in [0.25, 0.3) is 10.9 Å². The number of ether oxygens (including phenoxy) is 2. The van der Waals surface area contributed by atoms with Crippen molar-refractivity contribution in [2.24, 2.45) is 17.3 Å². The highest BCUT2D eigenvalue weighted by atomic mass is 16.5. The summed E-state index contributed by atoms with van der Waals surface area (Å²) in [4.78, 5) is 3.86. The lowest BCUT2D eigenvalue weighted by atomic mass is 9.41. The summed E-state index contributed by atoms with van der Waals surface area (Å²) in [7, 11) is 0. The van der Waals surface area contributed by atoms with Crippen molar-refractivity contribution in [1.82, 2.24) is 4.98 Å². The first-order valence-electron chi connectivity index (χ1n) is 16.4. The number of nitrogens with one attached hydrogen (secondary N) is 1. The Hall–Kier alpha value is -2.22. The van der Waals surface area contributed by atoms with Crippen molar-refractivity contribution in [3.05, 3.63) is 70.5 Å². The molecule has 3 saturated carbocycles. The Morgan fingerprint density at radius 1 is 1.07 bits per heavy atom. The molecular formula is C37H45NO5. The second-order valence-corrected chi connectivity index (χ2v) is 16.2. The van der Waals surface area contributed by atoms with Crippen molar-refractivity contribution >= 4 is 10.9 Å². The molecule has 2 aliphatic heterocycles. The standard InChI is InChI=1S/C37H45NO5/c1-17(2)30-24(39)16-21-25(42-30)10-11-34(6)35(7)31-29-28-23(38-31)9-8-19-14-18(3)20-15-22(27(20)26(19)28)33(4,5)43-32(29)37(35,41)13-12-36(21,34)40/h8-9,16,20,22,24-25,27,30,32,38-41H,1,3,10-15H2,2,4-7H3. The summed E-state index contributed by atoms with van der Waals surface area (Å²) in [5.74, 6) is 1.19. The smallest absolute Gasteiger partial charge is 0.115 e. The van der Waals surface area contributed by atoms with E-state index < -0.39 is 45.9 Å². The van der Waals surface area contributed by atoms with Gasteiger partial charge in [0.1, 0.15) is 23.9 Å². The number of hydrogen-bond donors (Lipinski definition) is 4. The van der Waals surface area contributed by atoms with Crippen LogP contribution in [-0.2, 0) is 21.3 Å². The molecule has 0 saturated heterocycles. The number of aliphatic hydroxyl groups is 3. The van der Waals surface area contributed by atoms with Crippen LogP contribution in [0.15, 0.2) is 48.1 Å². The maximum atomic E-state index is 13.2. The Kier molecular flexibility index (Phi) is 4.90. The van der Waals surface area contributed by atoms with Gasteiger partial charge < -0.3 is 29.8 Å². The maximum Gasteiger partial charge on any atom is 0.115 e. The topological polar surface area (TPSA) is 94.9 Å². The number of hydrogen-bond acceptors (Lipinski definition) is 5. The molecule has 0 radical (unpaired) electrons. The zero-order valence-corrected chi connectivity index (χ0v) is 26.1. The number of aromatic amines is 1. The van der Waals surface area contributed by atoms with Gasteiger partial charge in [0.15, 0.2) is 0 Å². The van der Waals surface area contributed by atoms with Gasteiger partial charge >= 0.3 is 0 Å². The van der Waals surface area contributed by atoms with Crippen molar-refractivity contribution in [3.63, 3.8) is 0 Å². The molecule has 1 aromatic heterocycles. The van der Waals surface area contributed by atoms with Crippen LogP contribution in [0, 0.1) is 17.3 Å². The monoisotopic (exact) mass is 583 g/mol. The predicted molar refractivity (Wildman–Crippen MR) is 165 cm³/mol. The van der Waals surface area contributed by atoms with E-state index in [2.05, 4.69) is 58.0 Å². The number of allylic oxidation sites excluding steroid dienone is 1. The minimum Gasteiger partial charge on any atom is -0.386 e. The fourth-order valence-corrected chi connectivity index (χ4v) is 11.7. The molecule has 7 aliphatic rings. The normalized spacial score (nSPS) is 48.3. The van der Waals surface area contributed by atoms with Crippen LogP contribution in [0.2, 0.25) is 0 Å². The second-order valence-electron chi connectivity index (χ2n) is 16.2. The number of benzene rings is 1. The van der Waals surface area contributed by atoms with E-state index in [1.54, 1.807) is 0 Å². The van der Waals surface area contributed by atoms with Crippen LogP contribution in [0.5, 0.6) is 0 Å². The zero-order chi connectivity index (χ0) is 30.2. The SMILES string of the molecule is C=C1Cc2ccc3[nH]c4c5c3c2C2C1CC2C(C)(C)OC5C1(O)CCC2(O)C3=CC(O)C(C(=C)C)OC3CCC2(C)C41C. The molecule has 9 rings (SSSR count). The van der Waals surface area contributed by atoms with E-state index in [1.165, 1.54) is 22.1 Å². The van der Waals surface area contributed by atoms with Gasteiger partial charge in [0.25, 0.3) is 0 Å². The Balaban J connectivity index is 1.29. The Labute approximate surface area is 253 Å². The van der Waals surface area contributed by atoms with E-state index in [4.69, 9.17) is 9.47 Å². The van der Waals surface area contributed by atoms with E-state index in [9.17, 15) is 15.3 Å². The summed E-state index contributed by atoms with van der Waals surface area (Å²) in [6.45, 7) is 19.2. The van der Waals surface area contributed by atoms with Crippen LogP contribution >= 0.6 is 0 Å². The third kappa shape index (κ3) is 2.75. The van der Waals surface area contributed by atoms with Crippen LogP contribution in [0.4, 0.5) is 0 Å². The average molecular weight is 584 g/mol. The van der Waals surface area contributed by atoms with Crippen molar-refractivity contribution in [1.29, 1.82) is 0 Å². The largest absolute Gasteiger partial charge is 0.386 e. The van der Waals surface area contributed by atoms with E-state index in [0.717, 1.165) is 40.8 Å². The molecule has 228 valence electrons. The molecular weight excluding hydrogens is 538 g/mol.